The number of nitrogens with two attached hydrogens (primary N) is 1. The van der Waals surface area contributed by atoms with E-state index in [0.717, 1.165) is 11.6 Å². The van der Waals surface area contributed by atoms with Crippen LogP contribution in [-0.4, -0.2) is 25.2 Å². The summed E-state index contributed by atoms with van der Waals surface area (Å²) < 4.78 is 27.0. The number of hydrogen-bond acceptors (Lipinski definition) is 6. The Hall–Kier alpha value is -3.29. The van der Waals surface area contributed by atoms with Crippen molar-refractivity contribution in [3.8, 4) is 0 Å². The standard InChI is InChI=1S/C22H14ClNO5S/c1-11-6-8-12(9-7-11)30(28,29)21-17-15(10-16(18(21)24)22(23)27)19(25)13-4-2-3-5-14(13)20(17)26/h2-10H,24H2,1H3. The fraction of sp³-hybridized carbons (Fsp3) is 0.0455. The molecule has 150 valence electrons. The van der Waals surface area contributed by atoms with Crippen molar-refractivity contribution in [2.24, 2.45) is 0 Å². The molecule has 0 bridgehead atoms. The highest BCUT2D eigenvalue weighted by atomic mass is 35.5. The molecule has 0 atom stereocenters. The van der Waals surface area contributed by atoms with Crippen LogP contribution in [0.5, 0.6) is 0 Å². The first-order valence-electron chi connectivity index (χ1n) is 8.81. The molecule has 0 radical (unpaired) electrons. The van der Waals surface area contributed by atoms with Gasteiger partial charge >= 0.3 is 0 Å². The molecule has 0 spiro atoms. The van der Waals surface area contributed by atoms with Gasteiger partial charge in [0, 0.05) is 16.7 Å². The molecule has 0 aromatic heterocycles. The molecule has 0 heterocycles. The maximum Gasteiger partial charge on any atom is 0.254 e. The molecule has 3 aromatic carbocycles. The molecule has 0 amide bonds. The summed E-state index contributed by atoms with van der Waals surface area (Å²) in [6.45, 7) is 1.79. The number of ketones is 2. The molecule has 8 heteroatoms. The van der Waals surface area contributed by atoms with E-state index >= 15 is 0 Å². The minimum Gasteiger partial charge on any atom is -0.397 e. The highest BCUT2D eigenvalue weighted by Gasteiger charge is 2.38. The molecule has 2 N–H and O–H groups in total. The topological polar surface area (TPSA) is 111 Å². The van der Waals surface area contributed by atoms with Gasteiger partial charge in [0.25, 0.3) is 5.24 Å². The second-order valence-corrected chi connectivity index (χ2v) is 9.11. The largest absolute Gasteiger partial charge is 0.397 e. The van der Waals surface area contributed by atoms with Gasteiger partial charge in [-0.15, -0.1) is 0 Å². The monoisotopic (exact) mass is 439 g/mol. The van der Waals surface area contributed by atoms with Crippen LogP contribution in [0.25, 0.3) is 0 Å². The van der Waals surface area contributed by atoms with Gasteiger partial charge in [0.05, 0.1) is 21.7 Å². The summed E-state index contributed by atoms with van der Waals surface area (Å²) in [5.41, 5.74) is 5.68. The van der Waals surface area contributed by atoms with Gasteiger partial charge in [0.15, 0.2) is 11.6 Å². The number of carbonyl (C=O) groups excluding carboxylic acids is 3. The Morgan fingerprint density at radius 3 is 2.03 bits per heavy atom. The zero-order valence-corrected chi connectivity index (χ0v) is 17.2. The van der Waals surface area contributed by atoms with Crippen molar-refractivity contribution in [2.75, 3.05) is 5.73 Å². The van der Waals surface area contributed by atoms with Gasteiger partial charge in [-0.1, -0.05) is 42.0 Å². The van der Waals surface area contributed by atoms with Gasteiger partial charge in [-0.25, -0.2) is 8.42 Å². The van der Waals surface area contributed by atoms with Crippen LogP contribution in [-0.2, 0) is 9.84 Å². The SMILES string of the molecule is Cc1ccc(S(=O)(=O)c2c(N)c(C(=O)Cl)cc3c2C(=O)c2ccccc2C3=O)cc1. The van der Waals surface area contributed by atoms with Crippen molar-refractivity contribution >= 4 is 43.9 Å². The fourth-order valence-corrected chi connectivity index (χ4v) is 5.27. The number of anilines is 1. The number of sulfone groups is 1. The summed E-state index contributed by atoms with van der Waals surface area (Å²) in [4.78, 5) is 37.5. The number of hydrogen-bond donors (Lipinski definition) is 1. The average Bonchev–Trinajstić information content (AvgIpc) is 2.71. The smallest absolute Gasteiger partial charge is 0.254 e. The van der Waals surface area contributed by atoms with Gasteiger partial charge < -0.3 is 5.73 Å². The van der Waals surface area contributed by atoms with Crippen LogP contribution in [0, 0.1) is 6.92 Å². The Bertz CT molecular complexity index is 1380. The summed E-state index contributed by atoms with van der Waals surface area (Å²) >= 11 is 5.61. The first-order valence-corrected chi connectivity index (χ1v) is 10.7. The first-order chi connectivity index (χ1) is 14.1. The lowest BCUT2D eigenvalue weighted by atomic mass is 9.83. The average molecular weight is 440 g/mol. The molecule has 0 aliphatic heterocycles. The maximum atomic E-state index is 13.5. The van der Waals surface area contributed by atoms with Crippen LogP contribution in [0.15, 0.2) is 64.4 Å². The van der Waals surface area contributed by atoms with Gasteiger partial charge in [-0.2, -0.15) is 0 Å². The zero-order valence-electron chi connectivity index (χ0n) is 15.6. The van der Waals surface area contributed by atoms with Crippen molar-refractivity contribution in [3.05, 3.63) is 88.0 Å². The number of aryl methyl sites for hydroxylation is 1. The Balaban J connectivity index is 2.13. The van der Waals surface area contributed by atoms with Crippen LogP contribution in [0.1, 0.15) is 47.8 Å². The molecule has 0 saturated heterocycles. The van der Waals surface area contributed by atoms with Crippen molar-refractivity contribution < 1.29 is 22.8 Å². The number of fused-ring (bicyclic) bond motifs is 2. The zero-order chi connectivity index (χ0) is 21.8. The van der Waals surface area contributed by atoms with Crippen LogP contribution in [0.4, 0.5) is 5.69 Å². The molecule has 1 aliphatic carbocycles. The molecule has 3 aromatic rings. The molecule has 0 saturated carbocycles. The molecule has 0 unspecified atom stereocenters. The second-order valence-electron chi connectivity index (χ2n) is 6.88. The second kappa shape index (κ2) is 6.90. The van der Waals surface area contributed by atoms with E-state index in [0.29, 0.717) is 0 Å². The van der Waals surface area contributed by atoms with Crippen LogP contribution in [0.2, 0.25) is 0 Å². The minimum atomic E-state index is -4.35. The van der Waals surface area contributed by atoms with Gasteiger partial charge in [-0.05, 0) is 36.7 Å². The Morgan fingerprint density at radius 1 is 0.900 bits per heavy atom. The van der Waals surface area contributed by atoms with Crippen LogP contribution >= 0.6 is 11.6 Å². The number of halogens is 1. The maximum absolute atomic E-state index is 13.5. The summed E-state index contributed by atoms with van der Waals surface area (Å²) in [5.74, 6) is -1.24. The van der Waals surface area contributed by atoms with E-state index in [1.54, 1.807) is 31.2 Å². The van der Waals surface area contributed by atoms with Crippen LogP contribution < -0.4 is 5.73 Å². The number of carbonyl (C=O) groups is 3. The molecule has 1 aliphatic rings. The number of benzene rings is 3. The van der Waals surface area contributed by atoms with Gasteiger partial charge in [0.1, 0.15) is 4.90 Å². The van der Waals surface area contributed by atoms with Crippen molar-refractivity contribution in [1.82, 2.24) is 0 Å². The molecular weight excluding hydrogens is 426 g/mol. The quantitative estimate of drug-likeness (QED) is 0.386. The molecule has 30 heavy (non-hydrogen) atoms. The Kier molecular flexibility index (Phi) is 4.60. The van der Waals surface area contributed by atoms with Gasteiger partial charge in [0.2, 0.25) is 9.84 Å². The summed E-state index contributed by atoms with van der Waals surface area (Å²) in [6, 6.07) is 13.1. The molecule has 6 nitrogen and oxygen atoms in total. The Labute approximate surface area is 177 Å². The predicted octanol–water partition coefficient (Wildman–Crippen LogP) is 3.56. The Morgan fingerprint density at radius 2 is 1.47 bits per heavy atom. The van der Waals surface area contributed by atoms with Crippen molar-refractivity contribution in [2.45, 2.75) is 16.7 Å². The van der Waals surface area contributed by atoms with E-state index in [2.05, 4.69) is 0 Å². The minimum absolute atomic E-state index is 0.0692. The molecule has 0 fully saturated rings. The summed E-state index contributed by atoms with van der Waals surface area (Å²) in [5, 5.41) is -1.03. The van der Waals surface area contributed by atoms with E-state index in [4.69, 9.17) is 17.3 Å². The normalized spacial score (nSPS) is 13.0. The van der Waals surface area contributed by atoms with E-state index in [-0.39, 0.29) is 32.7 Å². The van der Waals surface area contributed by atoms with Gasteiger partial charge in [-0.3, -0.25) is 14.4 Å². The van der Waals surface area contributed by atoms with E-state index in [9.17, 15) is 22.8 Å². The number of rotatable bonds is 3. The number of nitrogen functional groups attached to an aromatic ring is 1. The van der Waals surface area contributed by atoms with Crippen molar-refractivity contribution in [1.29, 1.82) is 0 Å². The third kappa shape index (κ3) is 2.86. The lowest BCUT2D eigenvalue weighted by molar-refractivity contribution is 0.0976. The fourth-order valence-electron chi connectivity index (χ4n) is 3.51. The highest BCUT2D eigenvalue weighted by Crippen LogP contribution is 2.39. The first kappa shape index (κ1) is 20.0. The summed E-state index contributed by atoms with van der Waals surface area (Å²) in [6.07, 6.45) is 0. The van der Waals surface area contributed by atoms with E-state index in [1.165, 1.54) is 24.3 Å². The van der Waals surface area contributed by atoms with E-state index in [1.807, 2.05) is 0 Å². The lowest BCUT2D eigenvalue weighted by Gasteiger charge is -2.22. The van der Waals surface area contributed by atoms with Crippen LogP contribution in [0.3, 0.4) is 0 Å². The molecule has 4 rings (SSSR count). The third-order valence-corrected chi connectivity index (χ3v) is 7.08. The van der Waals surface area contributed by atoms with Crippen molar-refractivity contribution in [3.63, 3.8) is 0 Å². The predicted molar refractivity (Wildman–Crippen MR) is 111 cm³/mol. The van der Waals surface area contributed by atoms with E-state index < -0.39 is 37.2 Å². The lowest BCUT2D eigenvalue weighted by Crippen LogP contribution is -2.26. The highest BCUT2D eigenvalue weighted by molar-refractivity contribution is 7.91. The summed E-state index contributed by atoms with van der Waals surface area (Å²) in [7, 11) is -4.35. The molecular formula is C22H14ClNO5S. The third-order valence-electron chi connectivity index (χ3n) is 5.02.